The fraction of sp³-hybridized carbons (Fsp3) is 0.188. The van der Waals surface area contributed by atoms with E-state index in [4.69, 9.17) is 17.3 Å². The van der Waals surface area contributed by atoms with Crippen LogP contribution in [0.25, 0.3) is 0 Å². The number of hydrogen-bond acceptors (Lipinski definition) is 1. The molecule has 0 saturated carbocycles. The molecule has 0 radical (unpaired) electrons. The highest BCUT2D eigenvalue weighted by atomic mass is 35.5. The Kier molecular flexibility index (Phi) is 3.03. The number of primary amides is 1. The highest BCUT2D eigenvalue weighted by Gasteiger charge is 2.27. The fourth-order valence-corrected chi connectivity index (χ4v) is 3.03. The predicted molar refractivity (Wildman–Crippen MR) is 76.3 cm³/mol. The third kappa shape index (κ3) is 2.13. The van der Waals surface area contributed by atoms with Gasteiger partial charge < -0.3 is 5.73 Å². The van der Waals surface area contributed by atoms with Crippen molar-refractivity contribution in [3.05, 3.63) is 69.7 Å². The molecule has 0 heterocycles. The summed E-state index contributed by atoms with van der Waals surface area (Å²) in [5.41, 5.74) is 9.94. The number of aryl methyl sites for hydroxylation is 2. The van der Waals surface area contributed by atoms with E-state index in [1.165, 1.54) is 5.56 Å². The van der Waals surface area contributed by atoms with Crippen LogP contribution in [0.5, 0.6) is 0 Å². The number of nitrogens with two attached hydrogens (primary N) is 1. The summed E-state index contributed by atoms with van der Waals surface area (Å²) in [6.07, 6.45) is 1.84. The zero-order chi connectivity index (χ0) is 13.4. The number of halogens is 1. The Bertz CT molecular complexity index is 651. The maximum Gasteiger partial charge on any atom is 0.229 e. The van der Waals surface area contributed by atoms with Crippen LogP contribution in [0.4, 0.5) is 0 Å². The van der Waals surface area contributed by atoms with Gasteiger partial charge in [0.25, 0.3) is 0 Å². The van der Waals surface area contributed by atoms with Gasteiger partial charge in [0.15, 0.2) is 0 Å². The number of rotatable bonds is 1. The lowest BCUT2D eigenvalue weighted by atomic mass is 9.87. The van der Waals surface area contributed by atoms with Gasteiger partial charge in [-0.1, -0.05) is 41.9 Å². The average Bonchev–Trinajstić information content (AvgIpc) is 2.54. The Hall–Kier alpha value is -1.80. The van der Waals surface area contributed by atoms with Gasteiger partial charge in [-0.05, 0) is 47.2 Å². The minimum atomic E-state index is -0.396. The Morgan fingerprint density at radius 1 is 1.05 bits per heavy atom. The Balaban J connectivity index is 2.25. The first kappa shape index (κ1) is 12.2. The van der Waals surface area contributed by atoms with Crippen molar-refractivity contribution < 1.29 is 4.79 Å². The van der Waals surface area contributed by atoms with Crippen LogP contribution in [0.1, 0.15) is 28.2 Å². The molecule has 0 saturated heterocycles. The van der Waals surface area contributed by atoms with E-state index >= 15 is 0 Å². The molecular formula is C16H14ClNO. The Labute approximate surface area is 117 Å². The molecule has 1 aliphatic carbocycles. The van der Waals surface area contributed by atoms with Crippen molar-refractivity contribution in [1.29, 1.82) is 0 Å². The van der Waals surface area contributed by atoms with Gasteiger partial charge in [-0.2, -0.15) is 0 Å². The summed E-state index contributed by atoms with van der Waals surface area (Å²) in [5.74, 6) is -0.717. The molecule has 0 fully saturated rings. The summed E-state index contributed by atoms with van der Waals surface area (Å²) < 4.78 is 0. The van der Waals surface area contributed by atoms with Crippen LogP contribution in [-0.4, -0.2) is 5.91 Å². The van der Waals surface area contributed by atoms with Crippen molar-refractivity contribution >= 4 is 17.5 Å². The molecule has 96 valence electrons. The van der Waals surface area contributed by atoms with Crippen molar-refractivity contribution in [2.75, 3.05) is 0 Å². The van der Waals surface area contributed by atoms with Gasteiger partial charge in [0.05, 0.1) is 5.92 Å². The second-order valence-electron chi connectivity index (χ2n) is 4.88. The van der Waals surface area contributed by atoms with Crippen molar-refractivity contribution in [2.45, 2.75) is 18.8 Å². The summed E-state index contributed by atoms with van der Waals surface area (Å²) in [6, 6.07) is 13.7. The normalized spacial score (nSPS) is 17.2. The maximum absolute atomic E-state index is 11.9. The van der Waals surface area contributed by atoms with Crippen LogP contribution in [0.15, 0.2) is 42.5 Å². The molecule has 2 aromatic carbocycles. The van der Waals surface area contributed by atoms with E-state index in [1.807, 2.05) is 36.4 Å². The van der Waals surface area contributed by atoms with Crippen LogP contribution in [-0.2, 0) is 17.6 Å². The minimum absolute atomic E-state index is 0.321. The number of fused-ring (bicyclic) bond motifs is 2. The number of benzene rings is 2. The molecule has 3 rings (SSSR count). The molecule has 1 unspecified atom stereocenters. The largest absolute Gasteiger partial charge is 0.369 e. The van der Waals surface area contributed by atoms with Crippen molar-refractivity contribution in [1.82, 2.24) is 0 Å². The molecule has 1 amide bonds. The first-order valence-electron chi connectivity index (χ1n) is 6.32. The second-order valence-corrected chi connectivity index (χ2v) is 5.31. The van der Waals surface area contributed by atoms with Crippen LogP contribution in [0.2, 0.25) is 5.02 Å². The smallest absolute Gasteiger partial charge is 0.229 e. The number of carbonyl (C=O) groups excluding carboxylic acids is 1. The van der Waals surface area contributed by atoms with Gasteiger partial charge in [0.1, 0.15) is 0 Å². The van der Waals surface area contributed by atoms with E-state index < -0.39 is 5.92 Å². The first-order chi connectivity index (χ1) is 9.16. The van der Waals surface area contributed by atoms with Gasteiger partial charge in [0, 0.05) is 5.02 Å². The second kappa shape index (κ2) is 4.71. The summed E-state index contributed by atoms with van der Waals surface area (Å²) in [4.78, 5) is 11.9. The molecule has 1 atom stereocenters. The van der Waals surface area contributed by atoms with Crippen molar-refractivity contribution in [3.63, 3.8) is 0 Å². The maximum atomic E-state index is 11.9. The monoisotopic (exact) mass is 271 g/mol. The lowest BCUT2D eigenvalue weighted by molar-refractivity contribution is -0.118. The Morgan fingerprint density at radius 2 is 1.74 bits per heavy atom. The summed E-state index contributed by atoms with van der Waals surface area (Å²) in [7, 11) is 0. The standard InChI is InChI=1S/C16H14ClNO/c17-12-8-7-11-6-5-10-3-1-2-4-13(10)15(16(18)19)14(11)9-12/h1-4,7-9,15H,5-6H2,(H2,18,19). The fourth-order valence-electron chi connectivity index (χ4n) is 2.85. The van der Waals surface area contributed by atoms with E-state index in [-0.39, 0.29) is 5.91 Å². The summed E-state index contributed by atoms with van der Waals surface area (Å²) >= 11 is 6.07. The van der Waals surface area contributed by atoms with Gasteiger partial charge in [0.2, 0.25) is 5.91 Å². The molecular weight excluding hydrogens is 258 g/mol. The predicted octanol–water partition coefficient (Wildman–Crippen LogP) is 3.06. The highest BCUT2D eigenvalue weighted by Crippen LogP contribution is 2.35. The molecule has 3 heteroatoms. The lowest BCUT2D eigenvalue weighted by Gasteiger charge is -2.17. The first-order valence-corrected chi connectivity index (χ1v) is 6.70. The molecule has 0 aromatic heterocycles. The third-order valence-corrected chi connectivity index (χ3v) is 3.97. The van der Waals surface area contributed by atoms with Crippen LogP contribution < -0.4 is 5.73 Å². The van der Waals surface area contributed by atoms with Crippen LogP contribution >= 0.6 is 11.6 Å². The zero-order valence-corrected chi connectivity index (χ0v) is 11.2. The molecule has 0 spiro atoms. The van der Waals surface area contributed by atoms with Gasteiger partial charge >= 0.3 is 0 Å². The van der Waals surface area contributed by atoms with Crippen LogP contribution in [0.3, 0.4) is 0 Å². The quantitative estimate of drug-likeness (QED) is 0.851. The molecule has 19 heavy (non-hydrogen) atoms. The molecule has 2 nitrogen and oxygen atoms in total. The van der Waals surface area contributed by atoms with E-state index in [2.05, 4.69) is 6.07 Å². The molecule has 0 aliphatic heterocycles. The number of carbonyl (C=O) groups is 1. The van der Waals surface area contributed by atoms with Gasteiger partial charge in [-0.3, -0.25) is 4.79 Å². The van der Waals surface area contributed by atoms with E-state index in [0.29, 0.717) is 5.02 Å². The van der Waals surface area contributed by atoms with Crippen molar-refractivity contribution in [2.24, 2.45) is 5.73 Å². The SMILES string of the molecule is NC(=O)C1c2ccccc2CCc2ccc(Cl)cc21. The van der Waals surface area contributed by atoms with Gasteiger partial charge in [-0.25, -0.2) is 0 Å². The Morgan fingerprint density at radius 3 is 2.47 bits per heavy atom. The summed E-state index contributed by atoms with van der Waals surface area (Å²) in [6.45, 7) is 0. The summed E-state index contributed by atoms with van der Waals surface area (Å²) in [5, 5.41) is 0.643. The molecule has 0 bridgehead atoms. The molecule has 2 N–H and O–H groups in total. The third-order valence-electron chi connectivity index (χ3n) is 3.73. The molecule has 1 aliphatic rings. The minimum Gasteiger partial charge on any atom is -0.369 e. The van der Waals surface area contributed by atoms with Crippen molar-refractivity contribution in [3.8, 4) is 0 Å². The van der Waals surface area contributed by atoms with E-state index in [1.54, 1.807) is 0 Å². The van der Waals surface area contributed by atoms with Gasteiger partial charge in [-0.15, -0.1) is 0 Å². The van der Waals surface area contributed by atoms with E-state index in [9.17, 15) is 4.79 Å². The zero-order valence-electron chi connectivity index (χ0n) is 10.4. The topological polar surface area (TPSA) is 43.1 Å². The number of hydrogen-bond donors (Lipinski definition) is 1. The molecule has 2 aromatic rings. The average molecular weight is 272 g/mol. The van der Waals surface area contributed by atoms with Crippen LogP contribution in [0, 0.1) is 0 Å². The van der Waals surface area contributed by atoms with E-state index in [0.717, 1.165) is 29.5 Å². The lowest BCUT2D eigenvalue weighted by Crippen LogP contribution is -2.23. The highest BCUT2D eigenvalue weighted by molar-refractivity contribution is 6.30. The number of amides is 1.